The summed E-state index contributed by atoms with van der Waals surface area (Å²) < 4.78 is 27.8. The Morgan fingerprint density at radius 1 is 1.19 bits per heavy atom. The third-order valence-corrected chi connectivity index (χ3v) is 5.72. The molecule has 1 aromatic carbocycles. The molecular weight excluding hydrogens is 308 g/mol. The molecule has 0 saturated heterocycles. The lowest BCUT2D eigenvalue weighted by atomic mass is 9.98. The van der Waals surface area contributed by atoms with Crippen LogP contribution in [0.2, 0.25) is 5.15 Å². The van der Waals surface area contributed by atoms with E-state index in [1.165, 1.54) is 0 Å². The molecule has 0 aliphatic heterocycles. The molecule has 114 valence electrons. The van der Waals surface area contributed by atoms with Crippen molar-refractivity contribution in [3.63, 3.8) is 0 Å². The minimum atomic E-state index is -3.55. The Hall–Kier alpha value is -1.17. The maximum atomic E-state index is 12.5. The molecular formula is C15H19ClN2O2S. The van der Waals surface area contributed by atoms with Crippen molar-refractivity contribution < 1.29 is 8.42 Å². The van der Waals surface area contributed by atoms with E-state index in [0.717, 1.165) is 18.2 Å². The van der Waals surface area contributed by atoms with Crippen LogP contribution in [0.3, 0.4) is 0 Å². The second-order valence-electron chi connectivity index (χ2n) is 5.36. The number of pyridine rings is 1. The fraction of sp³-hybridized carbons (Fsp3) is 0.400. The van der Waals surface area contributed by atoms with E-state index in [9.17, 15) is 8.42 Å². The molecule has 1 heterocycles. The van der Waals surface area contributed by atoms with Gasteiger partial charge in [0.15, 0.2) is 0 Å². The Balaban J connectivity index is 2.43. The molecule has 0 bridgehead atoms. The molecule has 0 aliphatic carbocycles. The molecule has 0 aliphatic rings. The van der Waals surface area contributed by atoms with Crippen LogP contribution in [0.25, 0.3) is 10.9 Å². The number of fused-ring (bicyclic) bond motifs is 1. The molecule has 0 atom stereocenters. The van der Waals surface area contributed by atoms with E-state index in [0.29, 0.717) is 10.7 Å². The first-order valence-electron chi connectivity index (χ1n) is 6.90. The lowest BCUT2D eigenvalue weighted by molar-refractivity contribution is 0.389. The van der Waals surface area contributed by atoms with Crippen molar-refractivity contribution in [1.29, 1.82) is 0 Å². The standard InChI is InChI=1S/C15H19ClN2O2S/c1-4-15(3,5-2)18-21(19,20)12-7-8-13-11(10-12)6-9-14(16)17-13/h6-10,18H,4-5H2,1-3H3. The van der Waals surface area contributed by atoms with Crippen molar-refractivity contribution in [2.24, 2.45) is 0 Å². The van der Waals surface area contributed by atoms with Crippen LogP contribution in [-0.2, 0) is 10.0 Å². The van der Waals surface area contributed by atoms with Crippen molar-refractivity contribution in [2.75, 3.05) is 0 Å². The highest BCUT2D eigenvalue weighted by molar-refractivity contribution is 7.89. The van der Waals surface area contributed by atoms with Crippen LogP contribution in [0.4, 0.5) is 0 Å². The van der Waals surface area contributed by atoms with E-state index in [4.69, 9.17) is 11.6 Å². The quantitative estimate of drug-likeness (QED) is 0.851. The summed E-state index contributed by atoms with van der Waals surface area (Å²) in [7, 11) is -3.55. The highest BCUT2D eigenvalue weighted by Crippen LogP contribution is 2.22. The van der Waals surface area contributed by atoms with Crippen molar-refractivity contribution in [3.8, 4) is 0 Å². The molecule has 6 heteroatoms. The smallest absolute Gasteiger partial charge is 0.236 e. The van der Waals surface area contributed by atoms with Gasteiger partial charge in [0.1, 0.15) is 5.15 Å². The maximum Gasteiger partial charge on any atom is 0.241 e. The second kappa shape index (κ2) is 5.91. The van der Waals surface area contributed by atoms with Crippen molar-refractivity contribution in [1.82, 2.24) is 9.71 Å². The molecule has 0 unspecified atom stereocenters. The monoisotopic (exact) mass is 326 g/mol. The van der Waals surface area contributed by atoms with Crippen LogP contribution >= 0.6 is 11.6 Å². The van der Waals surface area contributed by atoms with Crippen LogP contribution in [0.15, 0.2) is 35.2 Å². The molecule has 1 aromatic heterocycles. The van der Waals surface area contributed by atoms with Gasteiger partial charge in [-0.25, -0.2) is 18.1 Å². The fourth-order valence-corrected chi connectivity index (χ4v) is 3.76. The van der Waals surface area contributed by atoms with Crippen LogP contribution in [-0.4, -0.2) is 18.9 Å². The van der Waals surface area contributed by atoms with Gasteiger partial charge in [-0.1, -0.05) is 25.4 Å². The number of sulfonamides is 1. The summed E-state index contributed by atoms with van der Waals surface area (Å²) >= 11 is 5.83. The van der Waals surface area contributed by atoms with E-state index < -0.39 is 15.6 Å². The summed E-state index contributed by atoms with van der Waals surface area (Å²) in [6, 6.07) is 8.26. The zero-order chi connectivity index (χ0) is 15.7. The summed E-state index contributed by atoms with van der Waals surface area (Å²) in [5, 5.41) is 1.14. The fourth-order valence-electron chi connectivity index (χ4n) is 2.02. The SMILES string of the molecule is CCC(C)(CC)NS(=O)(=O)c1ccc2nc(Cl)ccc2c1. The van der Waals surface area contributed by atoms with Gasteiger partial charge in [-0.05, 0) is 50.1 Å². The van der Waals surface area contributed by atoms with Crippen LogP contribution < -0.4 is 4.72 Å². The van der Waals surface area contributed by atoms with Crippen LogP contribution in [0.1, 0.15) is 33.6 Å². The lowest BCUT2D eigenvalue weighted by Crippen LogP contribution is -2.44. The topological polar surface area (TPSA) is 59.1 Å². The predicted molar refractivity (Wildman–Crippen MR) is 86.1 cm³/mol. The molecule has 0 saturated carbocycles. The highest BCUT2D eigenvalue weighted by atomic mass is 35.5. The molecule has 0 amide bonds. The summed E-state index contributed by atoms with van der Waals surface area (Å²) in [6.45, 7) is 5.85. The van der Waals surface area contributed by atoms with Crippen LogP contribution in [0.5, 0.6) is 0 Å². The first kappa shape index (κ1) is 16.2. The van der Waals surface area contributed by atoms with Crippen molar-refractivity contribution >= 4 is 32.5 Å². The largest absolute Gasteiger partial charge is 0.241 e. The van der Waals surface area contributed by atoms with Crippen molar-refractivity contribution in [2.45, 2.75) is 44.0 Å². The van der Waals surface area contributed by atoms with Gasteiger partial charge in [-0.3, -0.25) is 0 Å². The van der Waals surface area contributed by atoms with Gasteiger partial charge >= 0.3 is 0 Å². The third kappa shape index (κ3) is 3.54. The number of hydrogen-bond acceptors (Lipinski definition) is 3. The van der Waals surface area contributed by atoms with E-state index in [-0.39, 0.29) is 4.90 Å². The van der Waals surface area contributed by atoms with E-state index in [1.54, 1.807) is 30.3 Å². The van der Waals surface area contributed by atoms with Gasteiger partial charge in [0.25, 0.3) is 0 Å². The molecule has 2 rings (SSSR count). The summed E-state index contributed by atoms with van der Waals surface area (Å²) in [5.41, 5.74) is 0.238. The minimum absolute atomic E-state index is 0.243. The minimum Gasteiger partial charge on any atom is -0.236 e. The Labute approximate surface area is 130 Å². The number of benzene rings is 1. The number of halogens is 1. The van der Waals surface area contributed by atoms with E-state index in [1.807, 2.05) is 20.8 Å². The Morgan fingerprint density at radius 2 is 1.86 bits per heavy atom. The lowest BCUT2D eigenvalue weighted by Gasteiger charge is -2.27. The number of aromatic nitrogens is 1. The molecule has 0 spiro atoms. The molecule has 2 aromatic rings. The highest BCUT2D eigenvalue weighted by Gasteiger charge is 2.27. The third-order valence-electron chi connectivity index (χ3n) is 3.88. The molecule has 4 nitrogen and oxygen atoms in total. The Morgan fingerprint density at radius 3 is 2.48 bits per heavy atom. The average molecular weight is 327 g/mol. The zero-order valence-corrected chi connectivity index (χ0v) is 13.9. The average Bonchev–Trinajstić information content (AvgIpc) is 2.46. The maximum absolute atomic E-state index is 12.5. The number of rotatable bonds is 5. The van der Waals surface area contributed by atoms with Crippen molar-refractivity contribution in [3.05, 3.63) is 35.5 Å². The predicted octanol–water partition coefficient (Wildman–Crippen LogP) is 3.75. The number of nitrogens with one attached hydrogen (secondary N) is 1. The molecule has 0 fully saturated rings. The normalized spacial score (nSPS) is 12.8. The Kier molecular flexibility index (Phi) is 4.56. The van der Waals surface area contributed by atoms with Gasteiger partial charge in [-0.15, -0.1) is 0 Å². The van der Waals surface area contributed by atoms with E-state index >= 15 is 0 Å². The van der Waals surface area contributed by atoms with Gasteiger partial charge in [0.05, 0.1) is 10.4 Å². The number of hydrogen-bond donors (Lipinski definition) is 1. The summed E-state index contributed by atoms with van der Waals surface area (Å²) in [6.07, 6.45) is 1.46. The molecule has 1 N–H and O–H groups in total. The summed E-state index contributed by atoms with van der Waals surface area (Å²) in [5.74, 6) is 0. The second-order valence-corrected chi connectivity index (χ2v) is 7.43. The first-order chi connectivity index (χ1) is 9.79. The van der Waals surface area contributed by atoms with Gasteiger partial charge < -0.3 is 0 Å². The van der Waals surface area contributed by atoms with Crippen LogP contribution in [0, 0.1) is 0 Å². The Bertz CT molecular complexity index is 755. The van der Waals surface area contributed by atoms with E-state index in [2.05, 4.69) is 9.71 Å². The zero-order valence-electron chi connectivity index (χ0n) is 12.4. The first-order valence-corrected chi connectivity index (χ1v) is 8.76. The molecule has 21 heavy (non-hydrogen) atoms. The van der Waals surface area contributed by atoms with Gasteiger partial charge in [0, 0.05) is 10.9 Å². The summed E-state index contributed by atoms with van der Waals surface area (Å²) in [4.78, 5) is 4.40. The van der Waals surface area contributed by atoms with Gasteiger partial charge in [-0.2, -0.15) is 0 Å². The number of nitrogens with zero attached hydrogens (tertiary/aromatic N) is 1. The van der Waals surface area contributed by atoms with Gasteiger partial charge in [0.2, 0.25) is 10.0 Å². The molecule has 0 radical (unpaired) electrons.